The highest BCUT2D eigenvalue weighted by Gasteiger charge is 1.86. The standard InChI is InChI=1S/C4H5N3O2.H3N/c5-7-2-1-3(8)6-4(7)9;/h1-2H,5H2,(H,6,8,9);1H3. The molecule has 0 radical (unpaired) electrons. The third kappa shape index (κ3) is 1.46. The molecule has 1 aromatic rings. The maximum absolute atomic E-state index is 10.4. The van der Waals surface area contributed by atoms with E-state index in [1.54, 1.807) is 0 Å². The topological polar surface area (TPSA) is 116 Å². The van der Waals surface area contributed by atoms with Crippen molar-refractivity contribution in [1.82, 2.24) is 15.8 Å². The Bertz CT molecular complexity index is 312. The number of rotatable bonds is 0. The Morgan fingerprint density at radius 2 is 2.10 bits per heavy atom. The molecule has 0 aliphatic carbocycles. The van der Waals surface area contributed by atoms with Gasteiger partial charge in [-0.05, 0) is 0 Å². The molecule has 0 fully saturated rings. The van der Waals surface area contributed by atoms with Crippen LogP contribution in [0.15, 0.2) is 21.9 Å². The Balaban J connectivity index is 0.000000810. The van der Waals surface area contributed by atoms with Crippen LogP contribution in [0.2, 0.25) is 0 Å². The Hall–Kier alpha value is -1.56. The van der Waals surface area contributed by atoms with Gasteiger partial charge in [-0.1, -0.05) is 0 Å². The number of nitrogens with zero attached hydrogens (tertiary/aromatic N) is 1. The predicted molar refractivity (Wildman–Crippen MR) is 36.5 cm³/mol. The number of nitrogens with one attached hydrogen (secondary N) is 1. The highest BCUT2D eigenvalue weighted by Crippen LogP contribution is 1.57. The van der Waals surface area contributed by atoms with E-state index >= 15 is 0 Å². The zero-order valence-corrected chi connectivity index (χ0v) is 5.20. The summed E-state index contributed by atoms with van der Waals surface area (Å²) < 4.78 is 0.793. The molecule has 0 saturated heterocycles. The van der Waals surface area contributed by atoms with E-state index in [2.05, 4.69) is 0 Å². The summed E-state index contributed by atoms with van der Waals surface area (Å²) in [7, 11) is 0. The van der Waals surface area contributed by atoms with Crippen molar-refractivity contribution in [2.75, 3.05) is 5.84 Å². The van der Waals surface area contributed by atoms with Crippen LogP contribution in [-0.2, 0) is 0 Å². The average Bonchev–Trinajstić information content (AvgIpc) is 1.80. The summed E-state index contributed by atoms with van der Waals surface area (Å²) in [6.07, 6.45) is 1.20. The van der Waals surface area contributed by atoms with E-state index < -0.39 is 11.2 Å². The van der Waals surface area contributed by atoms with Gasteiger partial charge in [0.2, 0.25) is 0 Å². The van der Waals surface area contributed by atoms with E-state index in [0.29, 0.717) is 0 Å². The van der Waals surface area contributed by atoms with E-state index in [4.69, 9.17) is 5.84 Å². The molecule has 0 aliphatic rings. The van der Waals surface area contributed by atoms with Gasteiger partial charge in [0.05, 0.1) is 0 Å². The number of hydrogen-bond donors (Lipinski definition) is 3. The van der Waals surface area contributed by atoms with Crippen LogP contribution in [0.5, 0.6) is 0 Å². The van der Waals surface area contributed by atoms with Gasteiger partial charge in [0.1, 0.15) is 0 Å². The normalized spacial score (nSPS) is 8.40. The lowest BCUT2D eigenvalue weighted by Crippen LogP contribution is -2.33. The van der Waals surface area contributed by atoms with Gasteiger partial charge in [0.25, 0.3) is 5.56 Å². The molecule has 0 amide bonds. The van der Waals surface area contributed by atoms with Crippen molar-refractivity contribution in [3.63, 3.8) is 0 Å². The Kier molecular flexibility index (Phi) is 2.39. The summed E-state index contributed by atoms with van der Waals surface area (Å²) in [5.74, 6) is 5.02. The third-order valence-corrected chi connectivity index (χ3v) is 0.851. The minimum Gasteiger partial charge on any atom is -0.344 e. The molecular formula is C4H8N4O2. The zero-order chi connectivity index (χ0) is 6.85. The average molecular weight is 144 g/mol. The highest BCUT2D eigenvalue weighted by atomic mass is 16.2. The third-order valence-electron chi connectivity index (χ3n) is 0.851. The zero-order valence-electron chi connectivity index (χ0n) is 5.20. The van der Waals surface area contributed by atoms with Gasteiger partial charge in [-0.25, -0.2) is 9.47 Å². The molecule has 0 spiro atoms. The Morgan fingerprint density at radius 3 is 2.50 bits per heavy atom. The monoisotopic (exact) mass is 144 g/mol. The van der Waals surface area contributed by atoms with E-state index in [1.165, 1.54) is 12.3 Å². The minimum absolute atomic E-state index is 0. The summed E-state index contributed by atoms with van der Waals surface area (Å²) in [5, 5.41) is 0. The van der Waals surface area contributed by atoms with E-state index in [1.807, 2.05) is 4.98 Å². The van der Waals surface area contributed by atoms with E-state index in [-0.39, 0.29) is 6.15 Å². The van der Waals surface area contributed by atoms with E-state index in [0.717, 1.165) is 4.68 Å². The number of nitrogens with two attached hydrogens (primary N) is 1. The largest absolute Gasteiger partial charge is 0.346 e. The van der Waals surface area contributed by atoms with Crippen LogP contribution in [0, 0.1) is 0 Å². The fraction of sp³-hybridized carbons (Fsp3) is 0. The maximum Gasteiger partial charge on any atom is 0.346 e. The number of hydrogen-bond acceptors (Lipinski definition) is 4. The minimum atomic E-state index is -0.609. The van der Waals surface area contributed by atoms with Crippen LogP contribution in [0.1, 0.15) is 0 Å². The number of aromatic nitrogens is 2. The molecule has 6 N–H and O–H groups in total. The smallest absolute Gasteiger partial charge is 0.344 e. The van der Waals surface area contributed by atoms with Crippen molar-refractivity contribution in [2.45, 2.75) is 0 Å². The first-order valence-corrected chi connectivity index (χ1v) is 2.27. The predicted octanol–water partition coefficient (Wildman–Crippen LogP) is -1.59. The molecule has 6 nitrogen and oxygen atoms in total. The number of H-pyrrole nitrogens is 1. The van der Waals surface area contributed by atoms with Crippen molar-refractivity contribution in [3.8, 4) is 0 Å². The van der Waals surface area contributed by atoms with Crippen LogP contribution in [0.3, 0.4) is 0 Å². The van der Waals surface area contributed by atoms with Crippen LogP contribution >= 0.6 is 0 Å². The maximum atomic E-state index is 10.4. The van der Waals surface area contributed by atoms with Crippen LogP contribution in [0.4, 0.5) is 0 Å². The fourth-order valence-corrected chi connectivity index (χ4v) is 0.427. The molecule has 1 heterocycles. The second kappa shape index (κ2) is 2.83. The summed E-state index contributed by atoms with van der Waals surface area (Å²) in [4.78, 5) is 22.7. The molecule has 0 aliphatic heterocycles. The van der Waals surface area contributed by atoms with Crippen molar-refractivity contribution in [1.29, 1.82) is 0 Å². The molecule has 0 aromatic carbocycles. The van der Waals surface area contributed by atoms with Crippen molar-refractivity contribution >= 4 is 0 Å². The lowest BCUT2D eigenvalue weighted by Gasteiger charge is -1.89. The molecule has 6 heteroatoms. The van der Waals surface area contributed by atoms with Gasteiger partial charge in [-0.3, -0.25) is 9.78 Å². The molecule has 1 rings (SSSR count). The first kappa shape index (κ1) is 8.44. The van der Waals surface area contributed by atoms with Crippen LogP contribution in [-0.4, -0.2) is 9.66 Å². The van der Waals surface area contributed by atoms with Gasteiger partial charge in [-0.2, -0.15) is 0 Å². The van der Waals surface area contributed by atoms with E-state index in [9.17, 15) is 9.59 Å². The van der Waals surface area contributed by atoms with Crippen molar-refractivity contribution in [2.24, 2.45) is 0 Å². The quantitative estimate of drug-likeness (QED) is 0.380. The van der Waals surface area contributed by atoms with Crippen molar-refractivity contribution < 1.29 is 0 Å². The lowest BCUT2D eigenvalue weighted by atomic mass is 10.7. The van der Waals surface area contributed by atoms with Crippen LogP contribution in [0.25, 0.3) is 0 Å². The van der Waals surface area contributed by atoms with Gasteiger partial charge in [0.15, 0.2) is 0 Å². The molecule has 0 saturated carbocycles. The fourth-order valence-electron chi connectivity index (χ4n) is 0.427. The second-order valence-corrected chi connectivity index (χ2v) is 1.52. The lowest BCUT2D eigenvalue weighted by molar-refractivity contribution is 0.856. The molecule has 10 heavy (non-hydrogen) atoms. The Labute approximate surface area is 55.8 Å². The molecule has 0 unspecified atom stereocenters. The summed E-state index contributed by atoms with van der Waals surface area (Å²) in [5.41, 5.74) is -1.05. The Morgan fingerprint density at radius 1 is 1.50 bits per heavy atom. The summed E-state index contributed by atoms with van der Waals surface area (Å²) >= 11 is 0. The highest BCUT2D eigenvalue weighted by molar-refractivity contribution is 4.81. The first-order chi connectivity index (χ1) is 4.20. The molecular weight excluding hydrogens is 136 g/mol. The summed E-state index contributed by atoms with van der Waals surface area (Å²) in [6, 6.07) is 1.17. The first-order valence-electron chi connectivity index (χ1n) is 2.27. The molecule has 1 aromatic heterocycles. The van der Waals surface area contributed by atoms with Gasteiger partial charge >= 0.3 is 5.69 Å². The van der Waals surface area contributed by atoms with Gasteiger partial charge in [-0.15, -0.1) is 0 Å². The SMILES string of the molecule is N.Nn1ccc(=O)[nH]c1=O. The second-order valence-electron chi connectivity index (χ2n) is 1.52. The van der Waals surface area contributed by atoms with Gasteiger partial charge < -0.3 is 12.0 Å². The molecule has 0 atom stereocenters. The number of nitrogen functional groups attached to an aromatic ring is 1. The van der Waals surface area contributed by atoms with Gasteiger partial charge in [0, 0.05) is 12.3 Å². The number of aromatic amines is 1. The molecule has 56 valence electrons. The molecule has 0 bridgehead atoms. The van der Waals surface area contributed by atoms with Crippen LogP contribution < -0.4 is 23.2 Å². The summed E-state index contributed by atoms with van der Waals surface area (Å²) in [6.45, 7) is 0. The van der Waals surface area contributed by atoms with Crippen molar-refractivity contribution in [3.05, 3.63) is 33.1 Å².